The third kappa shape index (κ3) is 3.28. The lowest BCUT2D eigenvalue weighted by molar-refractivity contribution is 0.0363. The zero-order chi connectivity index (χ0) is 19.0. The van der Waals surface area contributed by atoms with Gasteiger partial charge in [0.2, 0.25) is 6.79 Å². The molecule has 2 aliphatic rings. The van der Waals surface area contributed by atoms with E-state index < -0.39 is 5.91 Å². The van der Waals surface area contributed by atoms with E-state index in [1.54, 1.807) is 0 Å². The number of hydrogen-bond acceptors (Lipinski definition) is 5. The predicted octanol–water partition coefficient (Wildman–Crippen LogP) is 1.93. The van der Waals surface area contributed by atoms with Crippen molar-refractivity contribution in [2.45, 2.75) is 20.4 Å². The van der Waals surface area contributed by atoms with Gasteiger partial charge < -0.3 is 24.5 Å². The van der Waals surface area contributed by atoms with Crippen LogP contribution < -0.4 is 15.2 Å². The molecule has 1 aromatic carbocycles. The van der Waals surface area contributed by atoms with Crippen LogP contribution in [0.25, 0.3) is 11.1 Å². The molecule has 0 bridgehead atoms. The van der Waals surface area contributed by atoms with Gasteiger partial charge in [0.25, 0.3) is 5.91 Å². The zero-order valence-corrected chi connectivity index (χ0v) is 15.8. The number of carbonyl (C=O) groups is 1. The van der Waals surface area contributed by atoms with Crippen molar-refractivity contribution < 1.29 is 19.0 Å². The highest BCUT2D eigenvalue weighted by Crippen LogP contribution is 2.39. The third-order valence-corrected chi connectivity index (χ3v) is 5.43. The van der Waals surface area contributed by atoms with Crippen molar-refractivity contribution >= 4 is 5.91 Å². The van der Waals surface area contributed by atoms with Gasteiger partial charge in [0.05, 0.1) is 18.8 Å². The summed E-state index contributed by atoms with van der Waals surface area (Å²) in [5, 5.41) is 0. The Bertz CT molecular complexity index is 869. The summed E-state index contributed by atoms with van der Waals surface area (Å²) in [7, 11) is 0. The van der Waals surface area contributed by atoms with Gasteiger partial charge in [0.1, 0.15) is 0 Å². The standard InChI is InChI=1S/C20H25N3O4/c1-13-18(15-3-4-16-17(11-15)27-12-26-16)19(20(21)24)14(2)23(13)6-5-22-7-9-25-10-8-22/h3-4,11H,5-10,12H2,1-2H3,(H2,21,24). The van der Waals surface area contributed by atoms with Crippen molar-refractivity contribution in [2.75, 3.05) is 39.6 Å². The van der Waals surface area contributed by atoms with E-state index in [2.05, 4.69) is 9.47 Å². The number of rotatable bonds is 5. The number of aromatic nitrogens is 1. The molecule has 0 spiro atoms. The Morgan fingerprint density at radius 2 is 1.81 bits per heavy atom. The van der Waals surface area contributed by atoms with E-state index in [1.807, 2.05) is 32.0 Å². The minimum atomic E-state index is -0.409. The summed E-state index contributed by atoms with van der Waals surface area (Å²) in [5.41, 5.74) is 10.1. The van der Waals surface area contributed by atoms with E-state index in [9.17, 15) is 4.79 Å². The lowest BCUT2D eigenvalue weighted by atomic mass is 9.99. The summed E-state index contributed by atoms with van der Waals surface area (Å²) in [6, 6.07) is 5.75. The second-order valence-corrected chi connectivity index (χ2v) is 6.96. The van der Waals surface area contributed by atoms with Crippen LogP contribution in [0.3, 0.4) is 0 Å². The van der Waals surface area contributed by atoms with Crippen LogP contribution in [0.15, 0.2) is 18.2 Å². The summed E-state index contributed by atoms with van der Waals surface area (Å²) in [6.45, 7) is 9.38. The van der Waals surface area contributed by atoms with Crippen molar-refractivity contribution in [1.29, 1.82) is 0 Å². The molecule has 0 aliphatic carbocycles. The Kier molecular flexibility index (Phi) is 4.80. The van der Waals surface area contributed by atoms with Crippen LogP contribution in [0.4, 0.5) is 0 Å². The number of ether oxygens (including phenoxy) is 3. The van der Waals surface area contributed by atoms with Crippen LogP contribution in [0.2, 0.25) is 0 Å². The Morgan fingerprint density at radius 3 is 2.56 bits per heavy atom. The fraction of sp³-hybridized carbons (Fsp3) is 0.450. The lowest BCUT2D eigenvalue weighted by Gasteiger charge is -2.27. The molecule has 2 aliphatic heterocycles. The topological polar surface area (TPSA) is 79.0 Å². The molecule has 1 aromatic heterocycles. The number of carbonyl (C=O) groups excluding carboxylic acids is 1. The fourth-order valence-electron chi connectivity index (χ4n) is 3.99. The molecule has 7 nitrogen and oxygen atoms in total. The van der Waals surface area contributed by atoms with Crippen molar-refractivity contribution in [1.82, 2.24) is 9.47 Å². The molecule has 27 heavy (non-hydrogen) atoms. The van der Waals surface area contributed by atoms with Crippen molar-refractivity contribution in [3.63, 3.8) is 0 Å². The molecule has 0 atom stereocenters. The van der Waals surface area contributed by atoms with Crippen LogP contribution in [-0.4, -0.2) is 55.0 Å². The molecule has 144 valence electrons. The van der Waals surface area contributed by atoms with E-state index in [0.29, 0.717) is 11.3 Å². The van der Waals surface area contributed by atoms with Crippen LogP contribution in [0.1, 0.15) is 21.7 Å². The number of fused-ring (bicyclic) bond motifs is 1. The molecule has 0 unspecified atom stereocenters. The summed E-state index contributed by atoms with van der Waals surface area (Å²) < 4.78 is 18.5. The second kappa shape index (κ2) is 7.25. The predicted molar refractivity (Wildman–Crippen MR) is 101 cm³/mol. The van der Waals surface area contributed by atoms with E-state index in [1.165, 1.54) is 0 Å². The van der Waals surface area contributed by atoms with Crippen molar-refractivity contribution in [2.24, 2.45) is 5.73 Å². The Labute approximate surface area is 158 Å². The van der Waals surface area contributed by atoms with Gasteiger partial charge in [-0.2, -0.15) is 0 Å². The minimum absolute atomic E-state index is 0.222. The van der Waals surface area contributed by atoms with Gasteiger partial charge in [-0.1, -0.05) is 6.07 Å². The molecule has 2 N–H and O–H groups in total. The zero-order valence-electron chi connectivity index (χ0n) is 15.8. The first-order valence-electron chi connectivity index (χ1n) is 9.26. The number of benzene rings is 1. The highest BCUT2D eigenvalue weighted by molar-refractivity contribution is 6.02. The van der Waals surface area contributed by atoms with Gasteiger partial charge in [0, 0.05) is 43.1 Å². The fourth-order valence-corrected chi connectivity index (χ4v) is 3.99. The van der Waals surface area contributed by atoms with Gasteiger partial charge in [-0.25, -0.2) is 0 Å². The Morgan fingerprint density at radius 1 is 1.07 bits per heavy atom. The normalized spacial score (nSPS) is 16.7. The SMILES string of the molecule is Cc1c(C(N)=O)c(-c2ccc3c(c2)OCO3)c(C)n1CCN1CCOCC1. The monoisotopic (exact) mass is 371 g/mol. The van der Waals surface area contributed by atoms with E-state index >= 15 is 0 Å². The van der Waals surface area contributed by atoms with Crippen LogP contribution in [0, 0.1) is 13.8 Å². The summed E-state index contributed by atoms with van der Waals surface area (Å²) in [6.07, 6.45) is 0. The smallest absolute Gasteiger partial charge is 0.251 e. The first kappa shape index (κ1) is 17.9. The number of morpholine rings is 1. The molecule has 2 aromatic rings. The molecular formula is C20H25N3O4. The highest BCUT2D eigenvalue weighted by Gasteiger charge is 2.24. The third-order valence-electron chi connectivity index (χ3n) is 5.43. The molecule has 7 heteroatoms. The average Bonchev–Trinajstić information content (AvgIpc) is 3.22. The molecule has 0 radical (unpaired) electrons. The summed E-state index contributed by atoms with van der Waals surface area (Å²) in [5.74, 6) is 1.01. The average molecular weight is 371 g/mol. The van der Waals surface area contributed by atoms with E-state index in [0.717, 1.165) is 67.7 Å². The largest absolute Gasteiger partial charge is 0.454 e. The lowest BCUT2D eigenvalue weighted by Crippen LogP contribution is -2.38. The number of nitrogens with zero attached hydrogens (tertiary/aromatic N) is 2. The maximum Gasteiger partial charge on any atom is 0.251 e. The highest BCUT2D eigenvalue weighted by atomic mass is 16.7. The maximum absolute atomic E-state index is 12.2. The Hall–Kier alpha value is -2.51. The summed E-state index contributed by atoms with van der Waals surface area (Å²) in [4.78, 5) is 14.6. The van der Waals surface area contributed by atoms with Gasteiger partial charge in [-0.3, -0.25) is 9.69 Å². The number of amides is 1. The van der Waals surface area contributed by atoms with E-state index in [4.69, 9.17) is 19.9 Å². The van der Waals surface area contributed by atoms with Crippen LogP contribution >= 0.6 is 0 Å². The summed E-state index contributed by atoms with van der Waals surface area (Å²) >= 11 is 0. The minimum Gasteiger partial charge on any atom is -0.454 e. The van der Waals surface area contributed by atoms with E-state index in [-0.39, 0.29) is 6.79 Å². The first-order chi connectivity index (χ1) is 13.1. The van der Waals surface area contributed by atoms with Crippen LogP contribution in [0.5, 0.6) is 11.5 Å². The molecule has 4 rings (SSSR count). The maximum atomic E-state index is 12.2. The van der Waals surface area contributed by atoms with Crippen LogP contribution in [-0.2, 0) is 11.3 Å². The molecule has 1 fully saturated rings. The number of nitrogens with two attached hydrogens (primary N) is 1. The van der Waals surface area contributed by atoms with Gasteiger partial charge in [-0.05, 0) is 31.5 Å². The van der Waals surface area contributed by atoms with Crippen molar-refractivity contribution in [3.05, 3.63) is 35.2 Å². The van der Waals surface area contributed by atoms with Gasteiger partial charge in [0.15, 0.2) is 11.5 Å². The number of primary amides is 1. The van der Waals surface area contributed by atoms with Gasteiger partial charge >= 0.3 is 0 Å². The molecule has 3 heterocycles. The first-order valence-corrected chi connectivity index (χ1v) is 9.26. The van der Waals surface area contributed by atoms with Gasteiger partial charge in [-0.15, -0.1) is 0 Å². The number of hydrogen-bond donors (Lipinski definition) is 1. The quantitative estimate of drug-likeness (QED) is 0.869. The molecule has 0 saturated carbocycles. The van der Waals surface area contributed by atoms with Crippen molar-refractivity contribution in [3.8, 4) is 22.6 Å². The molecule has 1 amide bonds. The molecule has 1 saturated heterocycles. The molecular weight excluding hydrogens is 346 g/mol. The second-order valence-electron chi connectivity index (χ2n) is 6.96. The Balaban J connectivity index is 1.69.